The Kier molecular flexibility index (Phi) is 4.02. The molecule has 106 valence electrons. The van der Waals surface area contributed by atoms with Crippen LogP contribution in [0.5, 0.6) is 11.5 Å². The van der Waals surface area contributed by atoms with Gasteiger partial charge in [0.25, 0.3) is 0 Å². The predicted octanol–water partition coefficient (Wildman–Crippen LogP) is 2.71. The van der Waals surface area contributed by atoms with Gasteiger partial charge in [-0.05, 0) is 45.7 Å². The van der Waals surface area contributed by atoms with Crippen LogP contribution < -0.4 is 5.32 Å². The Morgan fingerprint density at radius 2 is 1.95 bits per heavy atom. The number of phenolic OH excluding ortho intramolecular Hbond substituents is 2. The molecule has 1 aromatic carbocycles. The Labute approximate surface area is 114 Å². The molecule has 19 heavy (non-hydrogen) atoms. The number of hydrogen-bond donors (Lipinski definition) is 3. The maximum Gasteiger partial charge on any atom is 0.124 e. The molecule has 1 heterocycles. The van der Waals surface area contributed by atoms with Gasteiger partial charge in [-0.15, -0.1) is 0 Å². The maximum atomic E-state index is 9.87. The van der Waals surface area contributed by atoms with Gasteiger partial charge in [0.1, 0.15) is 11.5 Å². The molecule has 1 aliphatic heterocycles. The highest BCUT2D eigenvalue weighted by Crippen LogP contribution is 2.33. The van der Waals surface area contributed by atoms with Crippen LogP contribution in [0.3, 0.4) is 0 Å². The second-order valence-electron chi connectivity index (χ2n) is 5.90. The number of hydrogen-bond acceptors (Lipinski definition) is 4. The van der Waals surface area contributed by atoms with Crippen LogP contribution in [-0.4, -0.2) is 28.5 Å². The van der Waals surface area contributed by atoms with Crippen molar-refractivity contribution in [1.82, 2.24) is 5.32 Å². The molecular weight excluding hydrogens is 242 g/mol. The molecule has 0 bridgehead atoms. The molecule has 1 fully saturated rings. The zero-order valence-corrected chi connectivity index (χ0v) is 11.8. The number of aromatic hydroxyl groups is 2. The average molecular weight is 265 g/mol. The largest absolute Gasteiger partial charge is 0.507 e. The average Bonchev–Trinajstić information content (AvgIpc) is 2.27. The van der Waals surface area contributed by atoms with Crippen molar-refractivity contribution in [2.75, 3.05) is 6.61 Å². The molecule has 2 unspecified atom stereocenters. The minimum absolute atomic E-state index is 0.0971. The first kappa shape index (κ1) is 14.2. The number of benzene rings is 1. The molecule has 1 saturated heterocycles. The molecular formula is C15H23NO3. The van der Waals surface area contributed by atoms with Gasteiger partial charge in [-0.25, -0.2) is 0 Å². The van der Waals surface area contributed by atoms with Crippen molar-refractivity contribution in [2.24, 2.45) is 0 Å². The zero-order chi connectivity index (χ0) is 14.0. The summed E-state index contributed by atoms with van der Waals surface area (Å²) in [4.78, 5) is 0. The van der Waals surface area contributed by atoms with Crippen molar-refractivity contribution < 1.29 is 14.9 Å². The van der Waals surface area contributed by atoms with Gasteiger partial charge < -0.3 is 20.3 Å². The highest BCUT2D eigenvalue weighted by molar-refractivity contribution is 5.44. The van der Waals surface area contributed by atoms with Crippen molar-refractivity contribution in [1.29, 1.82) is 0 Å². The summed E-state index contributed by atoms with van der Waals surface area (Å²) in [7, 11) is 0. The summed E-state index contributed by atoms with van der Waals surface area (Å²) in [6.07, 6.45) is 1.87. The lowest BCUT2D eigenvalue weighted by molar-refractivity contribution is -0.0640. The molecule has 1 aromatic rings. The summed E-state index contributed by atoms with van der Waals surface area (Å²) in [6, 6.07) is 5.07. The fraction of sp³-hybridized carbons (Fsp3) is 0.600. The number of phenols is 2. The van der Waals surface area contributed by atoms with Crippen LogP contribution >= 0.6 is 0 Å². The topological polar surface area (TPSA) is 61.7 Å². The van der Waals surface area contributed by atoms with Gasteiger partial charge in [-0.1, -0.05) is 6.07 Å². The Morgan fingerprint density at radius 1 is 1.32 bits per heavy atom. The van der Waals surface area contributed by atoms with Crippen LogP contribution in [0.4, 0.5) is 0 Å². The van der Waals surface area contributed by atoms with Gasteiger partial charge in [-0.3, -0.25) is 0 Å². The summed E-state index contributed by atoms with van der Waals surface area (Å²) < 4.78 is 5.69. The Balaban J connectivity index is 2.07. The number of rotatable bonds is 3. The van der Waals surface area contributed by atoms with Gasteiger partial charge in [-0.2, -0.15) is 0 Å². The molecule has 0 amide bonds. The molecule has 1 aliphatic rings. The van der Waals surface area contributed by atoms with E-state index in [4.69, 9.17) is 4.74 Å². The van der Waals surface area contributed by atoms with Crippen molar-refractivity contribution in [2.45, 2.75) is 51.3 Å². The maximum absolute atomic E-state index is 9.87. The number of ether oxygens (including phenoxy) is 1. The zero-order valence-electron chi connectivity index (χ0n) is 11.8. The smallest absolute Gasteiger partial charge is 0.124 e. The van der Waals surface area contributed by atoms with E-state index in [-0.39, 0.29) is 23.1 Å². The Hall–Kier alpha value is -1.26. The summed E-state index contributed by atoms with van der Waals surface area (Å²) >= 11 is 0. The van der Waals surface area contributed by atoms with Crippen LogP contribution in [0.15, 0.2) is 18.2 Å². The molecule has 0 saturated carbocycles. The minimum atomic E-state index is -0.115. The molecule has 0 spiro atoms. The fourth-order valence-corrected chi connectivity index (χ4v) is 2.80. The lowest BCUT2D eigenvalue weighted by Gasteiger charge is -2.37. The van der Waals surface area contributed by atoms with E-state index in [1.807, 2.05) is 6.92 Å². The Bertz CT molecular complexity index is 425. The SMILES string of the molecule is CC(NC1CCOC(C)(C)C1)c1c(O)cccc1O. The lowest BCUT2D eigenvalue weighted by Crippen LogP contribution is -2.44. The van der Waals surface area contributed by atoms with Crippen LogP contribution in [-0.2, 0) is 4.74 Å². The standard InChI is InChI=1S/C15H23NO3/c1-10(14-12(17)5-4-6-13(14)18)16-11-7-8-19-15(2,3)9-11/h4-6,10-11,16-18H,7-9H2,1-3H3. The van der Waals surface area contributed by atoms with E-state index in [9.17, 15) is 10.2 Å². The van der Waals surface area contributed by atoms with Crippen molar-refractivity contribution in [3.8, 4) is 11.5 Å². The predicted molar refractivity (Wildman–Crippen MR) is 74.4 cm³/mol. The first-order valence-electron chi connectivity index (χ1n) is 6.80. The molecule has 2 atom stereocenters. The van der Waals surface area contributed by atoms with Gasteiger partial charge in [0.05, 0.1) is 11.2 Å². The van der Waals surface area contributed by atoms with E-state index in [2.05, 4.69) is 19.2 Å². The quantitative estimate of drug-likeness (QED) is 0.786. The molecule has 0 radical (unpaired) electrons. The molecule has 4 nitrogen and oxygen atoms in total. The normalized spacial score (nSPS) is 24.1. The van der Waals surface area contributed by atoms with Crippen molar-refractivity contribution in [3.63, 3.8) is 0 Å². The van der Waals surface area contributed by atoms with Gasteiger partial charge in [0.15, 0.2) is 0 Å². The lowest BCUT2D eigenvalue weighted by atomic mass is 9.92. The summed E-state index contributed by atoms with van der Waals surface area (Å²) in [5.41, 5.74) is 0.447. The third-order valence-corrected chi connectivity index (χ3v) is 3.68. The van der Waals surface area contributed by atoms with E-state index in [1.165, 1.54) is 0 Å². The number of nitrogens with one attached hydrogen (secondary N) is 1. The first-order chi connectivity index (χ1) is 8.89. The highest BCUT2D eigenvalue weighted by atomic mass is 16.5. The van der Waals surface area contributed by atoms with Gasteiger partial charge >= 0.3 is 0 Å². The third kappa shape index (κ3) is 3.39. The van der Waals surface area contributed by atoms with Crippen molar-refractivity contribution in [3.05, 3.63) is 23.8 Å². The van der Waals surface area contributed by atoms with Gasteiger partial charge in [0, 0.05) is 18.7 Å². The molecule has 4 heteroatoms. The van der Waals surface area contributed by atoms with Crippen molar-refractivity contribution >= 4 is 0 Å². The summed E-state index contributed by atoms with van der Waals surface area (Å²) in [6.45, 7) is 6.87. The third-order valence-electron chi connectivity index (χ3n) is 3.68. The molecule has 2 rings (SSSR count). The van der Waals surface area contributed by atoms with E-state index < -0.39 is 0 Å². The highest BCUT2D eigenvalue weighted by Gasteiger charge is 2.30. The molecule has 0 aromatic heterocycles. The van der Waals surface area contributed by atoms with E-state index in [0.717, 1.165) is 19.4 Å². The van der Waals surface area contributed by atoms with Crippen LogP contribution in [0, 0.1) is 0 Å². The van der Waals surface area contributed by atoms with Crippen LogP contribution in [0.2, 0.25) is 0 Å². The van der Waals surface area contributed by atoms with E-state index in [1.54, 1.807) is 18.2 Å². The van der Waals surface area contributed by atoms with Gasteiger partial charge in [0.2, 0.25) is 0 Å². The summed E-state index contributed by atoms with van der Waals surface area (Å²) in [5.74, 6) is 0.262. The Morgan fingerprint density at radius 3 is 2.53 bits per heavy atom. The van der Waals surface area contributed by atoms with E-state index >= 15 is 0 Å². The molecule has 3 N–H and O–H groups in total. The second-order valence-corrected chi connectivity index (χ2v) is 5.90. The first-order valence-corrected chi connectivity index (χ1v) is 6.80. The van der Waals surface area contributed by atoms with Crippen LogP contribution in [0.25, 0.3) is 0 Å². The fourth-order valence-electron chi connectivity index (χ4n) is 2.80. The van der Waals surface area contributed by atoms with E-state index in [0.29, 0.717) is 11.6 Å². The summed E-state index contributed by atoms with van der Waals surface area (Å²) in [5, 5.41) is 23.2. The monoisotopic (exact) mass is 265 g/mol. The van der Waals surface area contributed by atoms with Crippen LogP contribution in [0.1, 0.15) is 45.2 Å². The second kappa shape index (κ2) is 5.39. The molecule has 0 aliphatic carbocycles. The minimum Gasteiger partial charge on any atom is -0.507 e.